The largest absolute Gasteiger partial charge is 0.344 e. The first kappa shape index (κ1) is 21.8. The smallest absolute Gasteiger partial charge is 0.308 e. The highest BCUT2D eigenvalue weighted by Gasteiger charge is 2.28. The molecule has 0 unspecified atom stereocenters. The summed E-state index contributed by atoms with van der Waals surface area (Å²) in [6, 6.07) is 9.25. The van der Waals surface area contributed by atoms with Crippen LogP contribution in [0.5, 0.6) is 0 Å². The molecular formula is C15H25N2O6PS. The molecule has 0 saturated heterocycles. The van der Waals surface area contributed by atoms with Gasteiger partial charge in [-0.05, 0) is 19.4 Å². The van der Waals surface area contributed by atoms with Crippen molar-refractivity contribution in [2.75, 3.05) is 32.3 Å². The number of amides is 1. The van der Waals surface area contributed by atoms with Crippen LogP contribution < -0.4 is 4.72 Å². The molecule has 0 spiro atoms. The minimum atomic E-state index is -3.66. The van der Waals surface area contributed by atoms with Crippen LogP contribution in [0.3, 0.4) is 0 Å². The summed E-state index contributed by atoms with van der Waals surface area (Å²) in [5.41, 5.74) is 0.884. The van der Waals surface area contributed by atoms with E-state index in [9.17, 15) is 17.8 Å². The van der Waals surface area contributed by atoms with E-state index in [-0.39, 0.29) is 26.0 Å². The van der Waals surface area contributed by atoms with Crippen LogP contribution in [0.1, 0.15) is 19.4 Å². The van der Waals surface area contributed by atoms with Gasteiger partial charge in [0.15, 0.2) is 0 Å². The second-order valence-electron chi connectivity index (χ2n) is 5.36. The molecule has 142 valence electrons. The molecular weight excluding hydrogens is 367 g/mol. The predicted molar refractivity (Wildman–Crippen MR) is 95.6 cm³/mol. The van der Waals surface area contributed by atoms with E-state index in [1.165, 1.54) is 0 Å². The molecule has 0 atom stereocenters. The normalized spacial score (nSPS) is 12.3. The lowest BCUT2D eigenvalue weighted by molar-refractivity contribution is -0.120. The van der Waals surface area contributed by atoms with Gasteiger partial charge < -0.3 is 9.05 Å². The van der Waals surface area contributed by atoms with Crippen LogP contribution >= 0.6 is 7.60 Å². The number of carbonyl (C=O) groups is 1. The number of benzene rings is 1. The van der Waals surface area contributed by atoms with Crippen molar-refractivity contribution in [3.63, 3.8) is 0 Å². The monoisotopic (exact) mass is 392 g/mol. The minimum Gasteiger partial charge on any atom is -0.308 e. The van der Waals surface area contributed by atoms with Gasteiger partial charge in [0.05, 0.1) is 26.0 Å². The molecule has 0 saturated carbocycles. The average Bonchev–Trinajstić information content (AvgIpc) is 2.46. The average molecular weight is 392 g/mol. The molecule has 0 fully saturated rings. The summed E-state index contributed by atoms with van der Waals surface area (Å²) >= 11 is 0. The number of hydrogen-bond donors (Lipinski definition) is 1. The topological polar surface area (TPSA) is 102 Å². The maximum atomic E-state index is 12.7. The molecule has 1 N–H and O–H groups in total. The molecule has 10 heteroatoms. The Hall–Kier alpha value is -1.25. The molecule has 0 heterocycles. The molecule has 8 nitrogen and oxygen atoms in total. The molecule has 0 aromatic heterocycles. The molecule has 0 bridgehead atoms. The Morgan fingerprint density at radius 2 is 1.72 bits per heavy atom. The summed E-state index contributed by atoms with van der Waals surface area (Å²) in [5, 5.41) is 0. The standard InChI is InChI=1S/C15H25N2O6PS/c1-4-22-24(19,23-5-2)13-17(11-14-9-7-6-8-10-14)12-15(18)16-25(3,20)21/h6-10H,4-5,11-13H2,1-3H3,(H,16,18). The molecule has 1 aromatic rings. The van der Waals surface area contributed by atoms with Gasteiger partial charge in [0, 0.05) is 6.54 Å². The molecule has 0 radical (unpaired) electrons. The third-order valence-corrected chi connectivity index (χ3v) is 5.59. The summed E-state index contributed by atoms with van der Waals surface area (Å²) in [7, 11) is -7.09. The van der Waals surface area contributed by atoms with E-state index in [4.69, 9.17) is 9.05 Å². The summed E-state index contributed by atoms with van der Waals surface area (Å²) in [4.78, 5) is 13.5. The second kappa shape index (κ2) is 10.0. The molecule has 1 aromatic carbocycles. The Labute approximate surface area is 149 Å². The van der Waals surface area contributed by atoms with E-state index >= 15 is 0 Å². The van der Waals surface area contributed by atoms with Crippen LogP contribution in [-0.2, 0) is 35.0 Å². The fourth-order valence-electron chi connectivity index (χ4n) is 2.20. The van der Waals surface area contributed by atoms with E-state index in [1.54, 1.807) is 18.7 Å². The van der Waals surface area contributed by atoms with Gasteiger partial charge >= 0.3 is 7.60 Å². The van der Waals surface area contributed by atoms with E-state index in [0.29, 0.717) is 6.54 Å². The van der Waals surface area contributed by atoms with Crippen molar-refractivity contribution >= 4 is 23.5 Å². The maximum absolute atomic E-state index is 12.7. The highest BCUT2D eigenvalue weighted by molar-refractivity contribution is 7.89. The molecule has 1 amide bonds. The Kier molecular flexibility index (Phi) is 8.75. The van der Waals surface area contributed by atoms with Crippen molar-refractivity contribution in [3.05, 3.63) is 35.9 Å². The predicted octanol–water partition coefficient (Wildman–Crippen LogP) is 1.79. The molecule has 1 rings (SSSR count). The number of nitrogens with one attached hydrogen (secondary N) is 1. The second-order valence-corrected chi connectivity index (χ2v) is 9.13. The maximum Gasteiger partial charge on any atom is 0.344 e. The third kappa shape index (κ3) is 9.13. The number of sulfonamides is 1. The minimum absolute atomic E-state index is 0.124. The van der Waals surface area contributed by atoms with Gasteiger partial charge in [-0.3, -0.25) is 19.0 Å². The van der Waals surface area contributed by atoms with Crippen LogP contribution in [0.25, 0.3) is 0 Å². The zero-order chi connectivity index (χ0) is 18.9. The van der Waals surface area contributed by atoms with Gasteiger partial charge in [-0.1, -0.05) is 30.3 Å². The van der Waals surface area contributed by atoms with Gasteiger partial charge in [0.2, 0.25) is 15.9 Å². The van der Waals surface area contributed by atoms with Gasteiger partial charge in [0.25, 0.3) is 0 Å². The highest BCUT2D eigenvalue weighted by atomic mass is 32.2. The Balaban J connectivity index is 2.93. The van der Waals surface area contributed by atoms with E-state index in [1.807, 2.05) is 35.1 Å². The number of rotatable bonds is 11. The molecule has 0 aliphatic heterocycles. The first-order valence-electron chi connectivity index (χ1n) is 7.82. The first-order chi connectivity index (χ1) is 11.7. The Bertz CT molecular complexity index is 685. The van der Waals surface area contributed by atoms with Crippen LogP contribution in [0.15, 0.2) is 30.3 Å². The first-order valence-corrected chi connectivity index (χ1v) is 11.4. The lowest BCUT2D eigenvalue weighted by atomic mass is 10.2. The third-order valence-electron chi connectivity index (χ3n) is 2.94. The van der Waals surface area contributed by atoms with Crippen LogP contribution in [0.4, 0.5) is 0 Å². The fraction of sp³-hybridized carbons (Fsp3) is 0.533. The lowest BCUT2D eigenvalue weighted by Gasteiger charge is -2.26. The van der Waals surface area contributed by atoms with Gasteiger partial charge in [0.1, 0.15) is 6.29 Å². The van der Waals surface area contributed by atoms with Crippen LogP contribution in [0, 0.1) is 0 Å². The summed E-state index contributed by atoms with van der Waals surface area (Å²) < 4.78 is 47.6. The van der Waals surface area contributed by atoms with E-state index in [0.717, 1.165) is 11.8 Å². The highest BCUT2D eigenvalue weighted by Crippen LogP contribution is 2.48. The van der Waals surface area contributed by atoms with E-state index < -0.39 is 23.5 Å². The van der Waals surface area contributed by atoms with Crippen molar-refractivity contribution in [1.29, 1.82) is 0 Å². The lowest BCUT2D eigenvalue weighted by Crippen LogP contribution is -2.39. The number of nitrogens with zero attached hydrogens (tertiary/aromatic N) is 1. The number of hydrogen-bond acceptors (Lipinski definition) is 7. The van der Waals surface area contributed by atoms with Crippen molar-refractivity contribution in [1.82, 2.24) is 9.62 Å². The summed E-state index contributed by atoms with van der Waals surface area (Å²) in [6.07, 6.45) is 0.776. The SMILES string of the molecule is CCOP(=O)(CN(CC(=O)NS(C)(=O)=O)Cc1ccccc1)OCC. The van der Waals surface area contributed by atoms with Crippen molar-refractivity contribution < 1.29 is 26.8 Å². The molecule has 0 aliphatic carbocycles. The van der Waals surface area contributed by atoms with Crippen LogP contribution in [0.2, 0.25) is 0 Å². The van der Waals surface area contributed by atoms with Crippen molar-refractivity contribution in [3.8, 4) is 0 Å². The number of carbonyl (C=O) groups excluding carboxylic acids is 1. The van der Waals surface area contributed by atoms with Gasteiger partial charge in [-0.25, -0.2) is 8.42 Å². The summed E-state index contributed by atoms with van der Waals surface area (Å²) in [5.74, 6) is -0.710. The van der Waals surface area contributed by atoms with Crippen molar-refractivity contribution in [2.24, 2.45) is 0 Å². The Morgan fingerprint density at radius 3 is 2.20 bits per heavy atom. The van der Waals surface area contributed by atoms with E-state index in [2.05, 4.69) is 0 Å². The summed E-state index contributed by atoms with van der Waals surface area (Å²) in [6.45, 7) is 3.83. The van der Waals surface area contributed by atoms with Gasteiger partial charge in [-0.15, -0.1) is 0 Å². The van der Waals surface area contributed by atoms with Crippen molar-refractivity contribution in [2.45, 2.75) is 20.4 Å². The zero-order valence-electron chi connectivity index (χ0n) is 14.7. The fourth-order valence-corrected chi connectivity index (χ4v) is 4.39. The zero-order valence-corrected chi connectivity index (χ0v) is 16.4. The Morgan fingerprint density at radius 1 is 1.16 bits per heavy atom. The molecule has 0 aliphatic rings. The van der Waals surface area contributed by atoms with Crippen LogP contribution in [-0.4, -0.2) is 51.5 Å². The quantitative estimate of drug-likeness (QED) is 0.573. The van der Waals surface area contributed by atoms with Gasteiger partial charge in [-0.2, -0.15) is 0 Å². The molecule has 25 heavy (non-hydrogen) atoms.